The van der Waals surface area contributed by atoms with Gasteiger partial charge in [-0.15, -0.1) is 0 Å². The Hall–Kier alpha value is -1.14. The van der Waals surface area contributed by atoms with Crippen LogP contribution >= 0.6 is 11.6 Å². The van der Waals surface area contributed by atoms with Crippen LogP contribution in [0.25, 0.3) is 0 Å². The molecule has 0 spiro atoms. The molecule has 0 unspecified atom stereocenters. The number of nitrogens with zero attached hydrogens (tertiary/aromatic N) is 4. The molecule has 0 aliphatic carbocycles. The van der Waals surface area contributed by atoms with Gasteiger partial charge in [0.05, 0.1) is 11.5 Å². The van der Waals surface area contributed by atoms with E-state index in [1.54, 1.807) is 0 Å². The minimum absolute atomic E-state index is 0.0517. The van der Waals surface area contributed by atoms with Gasteiger partial charge in [-0.25, -0.2) is 4.68 Å². The average molecular weight is 275 g/mol. The number of nitro groups is 1. The fourth-order valence-electron chi connectivity index (χ4n) is 1.63. The van der Waals surface area contributed by atoms with E-state index in [-0.39, 0.29) is 10.8 Å². The molecule has 6 nitrogen and oxygen atoms in total. The fourth-order valence-corrected chi connectivity index (χ4v) is 1.93. The summed E-state index contributed by atoms with van der Waals surface area (Å²) in [4.78, 5) is 12.6. The zero-order valence-electron chi connectivity index (χ0n) is 11.2. The molecule has 0 amide bonds. The van der Waals surface area contributed by atoms with Crippen molar-refractivity contribution in [2.75, 3.05) is 20.6 Å². The molecule has 0 aromatic carbocycles. The lowest BCUT2D eigenvalue weighted by Gasteiger charge is -2.09. The van der Waals surface area contributed by atoms with E-state index < -0.39 is 4.92 Å². The van der Waals surface area contributed by atoms with Crippen LogP contribution in [0.2, 0.25) is 5.15 Å². The molecule has 1 heterocycles. The number of aromatic nitrogens is 2. The van der Waals surface area contributed by atoms with Gasteiger partial charge >= 0.3 is 5.69 Å². The second kappa shape index (κ2) is 6.15. The lowest BCUT2D eigenvalue weighted by Crippen LogP contribution is -2.19. The van der Waals surface area contributed by atoms with Crippen LogP contribution in [0.1, 0.15) is 19.5 Å². The van der Waals surface area contributed by atoms with Crippen LogP contribution in [-0.2, 0) is 13.0 Å². The third kappa shape index (κ3) is 3.68. The van der Waals surface area contributed by atoms with Crippen LogP contribution < -0.4 is 0 Å². The van der Waals surface area contributed by atoms with Crippen LogP contribution in [0, 0.1) is 16.0 Å². The summed E-state index contributed by atoms with van der Waals surface area (Å²) < 4.78 is 1.51. The smallest absolute Gasteiger partial charge is 0.308 e. The van der Waals surface area contributed by atoms with Crippen molar-refractivity contribution < 1.29 is 4.92 Å². The molecular formula is C11H19ClN4O2. The zero-order chi connectivity index (χ0) is 13.9. The molecule has 7 heteroatoms. The van der Waals surface area contributed by atoms with Crippen molar-refractivity contribution in [1.82, 2.24) is 14.7 Å². The number of hydrogen-bond donors (Lipinski definition) is 0. The second-order valence-electron chi connectivity index (χ2n) is 4.97. The Kier molecular flexibility index (Phi) is 5.10. The molecule has 1 aromatic rings. The molecule has 0 saturated carbocycles. The Labute approximate surface area is 112 Å². The number of likely N-dealkylation sites (N-methyl/N-ethyl adjacent to an activating group) is 1. The largest absolute Gasteiger partial charge is 0.329 e. The molecular weight excluding hydrogens is 256 g/mol. The summed E-state index contributed by atoms with van der Waals surface area (Å²) in [6.07, 6.45) is 0.561. The Balaban J connectivity index is 3.03. The van der Waals surface area contributed by atoms with Gasteiger partial charge in [-0.1, -0.05) is 25.4 Å². The summed E-state index contributed by atoms with van der Waals surface area (Å²) in [7, 11) is 3.86. The van der Waals surface area contributed by atoms with Gasteiger partial charge in [0, 0.05) is 13.0 Å². The van der Waals surface area contributed by atoms with E-state index in [4.69, 9.17) is 11.6 Å². The van der Waals surface area contributed by atoms with Crippen LogP contribution in [0.15, 0.2) is 0 Å². The molecule has 0 atom stereocenters. The SMILES string of the molecule is CC(C)Cc1nn(CCN(C)C)c(Cl)c1[N+](=O)[O-]. The minimum atomic E-state index is -0.445. The molecule has 0 fully saturated rings. The lowest BCUT2D eigenvalue weighted by molar-refractivity contribution is -0.385. The predicted octanol–water partition coefficient (Wildman–Crippen LogP) is 2.20. The molecule has 0 bridgehead atoms. The molecule has 0 aliphatic heterocycles. The first-order valence-corrected chi connectivity index (χ1v) is 6.25. The van der Waals surface area contributed by atoms with Crippen LogP contribution in [0.5, 0.6) is 0 Å². The molecule has 102 valence electrons. The standard InChI is InChI=1S/C11H19ClN4O2/c1-8(2)7-9-10(16(17)18)11(12)15(13-9)6-5-14(3)4/h8H,5-7H2,1-4H3. The van der Waals surface area contributed by atoms with E-state index in [9.17, 15) is 10.1 Å². The fraction of sp³-hybridized carbons (Fsp3) is 0.727. The Bertz CT molecular complexity index is 429. The second-order valence-corrected chi connectivity index (χ2v) is 5.33. The highest BCUT2D eigenvalue weighted by Gasteiger charge is 2.26. The third-order valence-corrected chi connectivity index (χ3v) is 2.85. The molecule has 1 rings (SSSR count). The molecule has 0 saturated heterocycles. The molecule has 1 aromatic heterocycles. The monoisotopic (exact) mass is 274 g/mol. The average Bonchev–Trinajstić information content (AvgIpc) is 2.51. The molecule has 0 N–H and O–H groups in total. The van der Waals surface area contributed by atoms with Gasteiger partial charge in [-0.05, 0) is 20.0 Å². The highest BCUT2D eigenvalue weighted by atomic mass is 35.5. The van der Waals surface area contributed by atoms with Gasteiger partial charge in [0.15, 0.2) is 0 Å². The maximum absolute atomic E-state index is 11.0. The highest BCUT2D eigenvalue weighted by molar-refractivity contribution is 6.31. The summed E-state index contributed by atoms with van der Waals surface area (Å²) in [6.45, 7) is 5.28. The van der Waals surface area contributed by atoms with Crippen LogP contribution in [-0.4, -0.2) is 40.2 Å². The van der Waals surface area contributed by atoms with Crippen molar-refractivity contribution in [2.45, 2.75) is 26.8 Å². The van der Waals surface area contributed by atoms with Gasteiger partial charge in [0.2, 0.25) is 5.15 Å². The quantitative estimate of drug-likeness (QED) is 0.589. The summed E-state index contributed by atoms with van der Waals surface area (Å²) >= 11 is 6.03. The molecule has 0 radical (unpaired) electrons. The first kappa shape index (κ1) is 14.9. The minimum Gasteiger partial charge on any atom is -0.308 e. The van der Waals surface area contributed by atoms with Crippen molar-refractivity contribution in [2.24, 2.45) is 5.92 Å². The maximum atomic E-state index is 11.0. The van der Waals surface area contributed by atoms with Crippen LogP contribution in [0.3, 0.4) is 0 Å². The van der Waals surface area contributed by atoms with E-state index in [1.807, 2.05) is 32.8 Å². The first-order valence-electron chi connectivity index (χ1n) is 5.87. The van der Waals surface area contributed by atoms with Gasteiger partial charge in [0.1, 0.15) is 5.69 Å². The predicted molar refractivity (Wildman–Crippen MR) is 71.0 cm³/mol. The van der Waals surface area contributed by atoms with E-state index >= 15 is 0 Å². The topological polar surface area (TPSA) is 64.2 Å². The lowest BCUT2D eigenvalue weighted by atomic mass is 10.1. The van der Waals surface area contributed by atoms with E-state index in [0.717, 1.165) is 6.54 Å². The highest BCUT2D eigenvalue weighted by Crippen LogP contribution is 2.29. The van der Waals surface area contributed by atoms with Crippen molar-refractivity contribution in [3.05, 3.63) is 21.0 Å². The Morgan fingerprint density at radius 2 is 2.11 bits per heavy atom. The van der Waals surface area contributed by atoms with Crippen molar-refractivity contribution in [3.8, 4) is 0 Å². The molecule has 0 aliphatic rings. The summed E-state index contributed by atoms with van der Waals surface area (Å²) in [5.41, 5.74) is 0.419. The Morgan fingerprint density at radius 3 is 2.56 bits per heavy atom. The maximum Gasteiger partial charge on any atom is 0.329 e. The normalized spacial score (nSPS) is 11.5. The molecule has 18 heavy (non-hydrogen) atoms. The van der Waals surface area contributed by atoms with Crippen molar-refractivity contribution in [1.29, 1.82) is 0 Å². The van der Waals surface area contributed by atoms with E-state index in [2.05, 4.69) is 5.10 Å². The number of halogens is 1. The van der Waals surface area contributed by atoms with Gasteiger partial charge in [-0.3, -0.25) is 10.1 Å². The van der Waals surface area contributed by atoms with E-state index in [0.29, 0.717) is 24.6 Å². The van der Waals surface area contributed by atoms with Crippen LogP contribution in [0.4, 0.5) is 5.69 Å². The van der Waals surface area contributed by atoms with Gasteiger partial charge in [-0.2, -0.15) is 5.10 Å². The van der Waals surface area contributed by atoms with Crippen molar-refractivity contribution >= 4 is 17.3 Å². The zero-order valence-corrected chi connectivity index (χ0v) is 11.9. The van der Waals surface area contributed by atoms with Gasteiger partial charge in [0.25, 0.3) is 0 Å². The number of hydrogen-bond acceptors (Lipinski definition) is 4. The van der Waals surface area contributed by atoms with Gasteiger partial charge < -0.3 is 4.90 Å². The first-order chi connectivity index (χ1) is 8.32. The summed E-state index contributed by atoms with van der Waals surface area (Å²) in [5, 5.41) is 15.4. The third-order valence-electron chi connectivity index (χ3n) is 2.48. The van der Waals surface area contributed by atoms with E-state index in [1.165, 1.54) is 4.68 Å². The number of rotatable bonds is 6. The Morgan fingerprint density at radius 1 is 1.50 bits per heavy atom. The summed E-state index contributed by atoms with van der Waals surface area (Å²) in [6, 6.07) is 0. The van der Waals surface area contributed by atoms with Crippen molar-refractivity contribution in [3.63, 3.8) is 0 Å². The summed E-state index contributed by atoms with van der Waals surface area (Å²) in [5.74, 6) is 0.303.